The van der Waals surface area contributed by atoms with Gasteiger partial charge in [0.1, 0.15) is 0 Å². The van der Waals surface area contributed by atoms with Crippen LogP contribution in [-0.4, -0.2) is 28.4 Å². The Morgan fingerprint density at radius 1 is 1.28 bits per heavy atom. The van der Waals surface area contributed by atoms with Crippen LogP contribution in [0.2, 0.25) is 0 Å². The van der Waals surface area contributed by atoms with Crippen LogP contribution in [0.4, 0.5) is 0 Å². The summed E-state index contributed by atoms with van der Waals surface area (Å²) in [5.74, 6) is 0.699. The quantitative estimate of drug-likeness (QED) is 0.436. The predicted molar refractivity (Wildman–Crippen MR) is 93.7 cm³/mol. The van der Waals surface area contributed by atoms with Gasteiger partial charge in [0.15, 0.2) is 17.8 Å². The fourth-order valence-corrected chi connectivity index (χ4v) is 6.63. The normalized spacial score (nSPS) is 47.5. The molecule has 2 N–H and O–H groups in total. The SMILES string of the molecule is C[C@]12C=CC(=O)C=C1CC[C@H]1[C@H]2[C@@H](O)C[C@@]2(C)/C(=C(/O)C=O)CC[C@H]12. The summed E-state index contributed by atoms with van der Waals surface area (Å²) in [7, 11) is 0. The predicted octanol–water partition coefficient (Wildman–Crippen LogP) is 3.28. The molecule has 0 unspecified atom stereocenters. The van der Waals surface area contributed by atoms with Crippen molar-refractivity contribution in [3.05, 3.63) is 35.1 Å². The van der Waals surface area contributed by atoms with Crippen molar-refractivity contribution in [3.63, 3.8) is 0 Å². The highest BCUT2D eigenvalue weighted by molar-refractivity contribution is 6.01. The second-order valence-corrected chi connectivity index (χ2v) is 8.73. The molecule has 4 nitrogen and oxygen atoms in total. The maximum atomic E-state index is 11.8. The van der Waals surface area contributed by atoms with E-state index < -0.39 is 6.10 Å². The van der Waals surface area contributed by atoms with Gasteiger partial charge in [0.05, 0.1) is 6.10 Å². The molecule has 0 bridgehead atoms. The number of hydrogen-bond donors (Lipinski definition) is 2. The summed E-state index contributed by atoms with van der Waals surface area (Å²) >= 11 is 0. The van der Waals surface area contributed by atoms with Crippen LogP contribution < -0.4 is 0 Å². The molecule has 4 aliphatic carbocycles. The lowest BCUT2D eigenvalue weighted by molar-refractivity contribution is -0.112. The topological polar surface area (TPSA) is 74.6 Å². The number of carbonyl (C=O) groups is 2. The lowest BCUT2D eigenvalue weighted by Crippen LogP contribution is -2.55. The Morgan fingerprint density at radius 3 is 2.76 bits per heavy atom. The van der Waals surface area contributed by atoms with Gasteiger partial charge in [-0.3, -0.25) is 9.59 Å². The standard InChI is InChI=1S/C21H26O4/c1-20-8-7-13(23)9-12(20)3-4-14-15-5-6-16(18(25)11-22)21(15,2)10-17(24)19(14)20/h7-9,11,14-15,17,19,24-25H,3-6,10H2,1-2H3/b18-16+/t14-,15-,17+,19+,20+,21-/m1/s1. The van der Waals surface area contributed by atoms with Crippen LogP contribution in [0.5, 0.6) is 0 Å². The molecule has 0 aromatic carbocycles. The van der Waals surface area contributed by atoms with Crippen molar-refractivity contribution in [1.82, 2.24) is 0 Å². The van der Waals surface area contributed by atoms with Gasteiger partial charge in [-0.05, 0) is 67.1 Å². The van der Waals surface area contributed by atoms with Crippen LogP contribution >= 0.6 is 0 Å². The van der Waals surface area contributed by atoms with E-state index in [9.17, 15) is 19.8 Å². The van der Waals surface area contributed by atoms with E-state index in [0.29, 0.717) is 24.5 Å². The zero-order valence-electron chi connectivity index (χ0n) is 14.9. The molecule has 0 aromatic rings. The van der Waals surface area contributed by atoms with Crippen LogP contribution in [-0.2, 0) is 9.59 Å². The fourth-order valence-electron chi connectivity index (χ4n) is 6.63. The summed E-state index contributed by atoms with van der Waals surface area (Å²) < 4.78 is 0. The van der Waals surface area contributed by atoms with Crippen LogP contribution in [0, 0.1) is 28.6 Å². The number of aldehydes is 1. The molecule has 3 fully saturated rings. The molecule has 3 saturated carbocycles. The second kappa shape index (κ2) is 5.41. The maximum Gasteiger partial charge on any atom is 0.184 e. The van der Waals surface area contributed by atoms with Gasteiger partial charge >= 0.3 is 0 Å². The average molecular weight is 342 g/mol. The molecule has 0 saturated heterocycles. The van der Waals surface area contributed by atoms with E-state index >= 15 is 0 Å². The Balaban J connectivity index is 1.76. The van der Waals surface area contributed by atoms with Crippen molar-refractivity contribution in [2.75, 3.05) is 0 Å². The smallest absolute Gasteiger partial charge is 0.184 e. The first-order valence-electron chi connectivity index (χ1n) is 9.31. The van der Waals surface area contributed by atoms with E-state index in [1.807, 2.05) is 6.08 Å². The third-order valence-corrected chi connectivity index (χ3v) is 7.70. The van der Waals surface area contributed by atoms with Crippen LogP contribution in [0.15, 0.2) is 35.1 Å². The minimum Gasteiger partial charge on any atom is -0.505 e. The lowest BCUT2D eigenvalue weighted by atomic mass is 9.47. The molecule has 0 aliphatic heterocycles. The first-order valence-corrected chi connectivity index (χ1v) is 9.31. The number of aliphatic hydroxyl groups is 2. The first-order chi connectivity index (χ1) is 11.8. The molecule has 6 atom stereocenters. The van der Waals surface area contributed by atoms with Gasteiger partial charge in [-0.1, -0.05) is 25.5 Å². The molecule has 25 heavy (non-hydrogen) atoms. The van der Waals surface area contributed by atoms with Crippen molar-refractivity contribution in [2.45, 2.75) is 52.1 Å². The van der Waals surface area contributed by atoms with Crippen LogP contribution in [0.3, 0.4) is 0 Å². The summed E-state index contributed by atoms with van der Waals surface area (Å²) in [5.41, 5.74) is 1.40. The van der Waals surface area contributed by atoms with E-state index in [0.717, 1.165) is 36.8 Å². The number of carbonyl (C=O) groups excluding carboxylic acids is 2. The summed E-state index contributed by atoms with van der Waals surface area (Å²) in [5, 5.41) is 21.2. The number of allylic oxidation sites excluding steroid dienone is 6. The van der Waals surface area contributed by atoms with Crippen molar-refractivity contribution < 1.29 is 19.8 Å². The van der Waals surface area contributed by atoms with Crippen molar-refractivity contribution in [1.29, 1.82) is 0 Å². The molecule has 4 heteroatoms. The Bertz CT molecular complexity index is 730. The molecule has 0 spiro atoms. The summed E-state index contributed by atoms with van der Waals surface area (Å²) in [6.45, 7) is 4.26. The van der Waals surface area contributed by atoms with Crippen LogP contribution in [0.25, 0.3) is 0 Å². The first kappa shape index (κ1) is 16.8. The lowest BCUT2D eigenvalue weighted by Gasteiger charge is -2.58. The highest BCUT2D eigenvalue weighted by Gasteiger charge is 2.60. The van der Waals surface area contributed by atoms with Crippen molar-refractivity contribution >= 4 is 12.1 Å². The number of rotatable bonds is 1. The minimum atomic E-state index is -0.509. The van der Waals surface area contributed by atoms with Crippen molar-refractivity contribution in [3.8, 4) is 0 Å². The molecule has 134 valence electrons. The van der Waals surface area contributed by atoms with Gasteiger partial charge in [-0.15, -0.1) is 0 Å². The van der Waals surface area contributed by atoms with Crippen LogP contribution in [0.1, 0.15) is 46.0 Å². The van der Waals surface area contributed by atoms with E-state index in [1.54, 1.807) is 12.2 Å². The average Bonchev–Trinajstić information content (AvgIpc) is 2.91. The molecule has 4 rings (SSSR count). The van der Waals surface area contributed by atoms with Gasteiger partial charge in [0.25, 0.3) is 0 Å². The highest BCUT2D eigenvalue weighted by atomic mass is 16.3. The van der Waals surface area contributed by atoms with E-state index in [4.69, 9.17) is 0 Å². The molecule has 0 aromatic heterocycles. The van der Waals surface area contributed by atoms with E-state index in [-0.39, 0.29) is 28.3 Å². The molecular weight excluding hydrogens is 316 g/mol. The Hall–Kier alpha value is -1.68. The van der Waals surface area contributed by atoms with E-state index in [2.05, 4.69) is 13.8 Å². The Labute approximate surface area is 148 Å². The number of fused-ring (bicyclic) bond motifs is 5. The van der Waals surface area contributed by atoms with Gasteiger partial charge in [0.2, 0.25) is 0 Å². The summed E-state index contributed by atoms with van der Waals surface area (Å²) in [4.78, 5) is 22.9. The van der Waals surface area contributed by atoms with Crippen molar-refractivity contribution in [2.24, 2.45) is 28.6 Å². The zero-order valence-corrected chi connectivity index (χ0v) is 14.9. The number of hydrogen-bond acceptors (Lipinski definition) is 4. The Kier molecular flexibility index (Phi) is 3.63. The van der Waals surface area contributed by atoms with Gasteiger partial charge in [-0.2, -0.15) is 0 Å². The van der Waals surface area contributed by atoms with Gasteiger partial charge in [0, 0.05) is 11.3 Å². The number of ketones is 1. The molecule has 0 radical (unpaired) electrons. The third-order valence-electron chi connectivity index (χ3n) is 7.70. The summed E-state index contributed by atoms with van der Waals surface area (Å²) in [6, 6.07) is 0. The molecular formula is C21H26O4. The highest BCUT2D eigenvalue weighted by Crippen LogP contribution is 2.66. The fraction of sp³-hybridized carbons (Fsp3) is 0.619. The summed E-state index contributed by atoms with van der Waals surface area (Å²) in [6.07, 6.45) is 9.53. The van der Waals surface area contributed by atoms with Gasteiger partial charge in [-0.25, -0.2) is 0 Å². The second-order valence-electron chi connectivity index (χ2n) is 8.73. The van der Waals surface area contributed by atoms with Gasteiger partial charge < -0.3 is 10.2 Å². The Morgan fingerprint density at radius 2 is 2.04 bits per heavy atom. The maximum absolute atomic E-state index is 11.8. The molecule has 4 aliphatic rings. The third kappa shape index (κ3) is 2.16. The largest absolute Gasteiger partial charge is 0.505 e. The zero-order chi connectivity index (χ0) is 18.0. The monoisotopic (exact) mass is 342 g/mol. The van der Waals surface area contributed by atoms with E-state index in [1.165, 1.54) is 0 Å². The minimum absolute atomic E-state index is 0.0445. The number of aliphatic hydroxyl groups excluding tert-OH is 2. The molecule has 0 amide bonds. The molecule has 0 heterocycles.